The molecule has 3 heteroatoms. The summed E-state index contributed by atoms with van der Waals surface area (Å²) in [7, 11) is 0. The Morgan fingerprint density at radius 3 is 2.14 bits per heavy atom. The molecule has 0 amide bonds. The Bertz CT molecular complexity index is 269. The van der Waals surface area contributed by atoms with E-state index in [1.165, 1.54) is 71.0 Å². The molecule has 0 aliphatic carbocycles. The lowest BCUT2D eigenvalue weighted by molar-refractivity contribution is -0.213. The van der Waals surface area contributed by atoms with Gasteiger partial charge in [-0.2, -0.15) is 0 Å². The van der Waals surface area contributed by atoms with Crippen molar-refractivity contribution in [2.45, 2.75) is 77.9 Å². The molecule has 130 valence electrons. The highest BCUT2D eigenvalue weighted by Crippen LogP contribution is 2.29. The first-order valence-electron chi connectivity index (χ1n) is 9.79. The highest BCUT2D eigenvalue weighted by molar-refractivity contribution is 4.79. The maximum Gasteiger partial charge on any atom is 0.157 e. The second kappa shape index (κ2) is 10.6. The lowest BCUT2D eigenvalue weighted by Crippen LogP contribution is -2.42. The summed E-state index contributed by atoms with van der Waals surface area (Å²) in [5, 5.41) is 0. The summed E-state index contributed by atoms with van der Waals surface area (Å²) in [6, 6.07) is 0. The van der Waals surface area contributed by atoms with Crippen LogP contribution < -0.4 is 0 Å². The van der Waals surface area contributed by atoms with Crippen molar-refractivity contribution < 1.29 is 9.47 Å². The monoisotopic (exact) mass is 311 g/mol. The quantitative estimate of drug-likeness (QED) is 0.587. The third-order valence-electron chi connectivity index (χ3n) is 5.41. The van der Waals surface area contributed by atoms with Crippen LogP contribution in [0.4, 0.5) is 0 Å². The molecule has 0 spiro atoms. The van der Waals surface area contributed by atoms with Crippen molar-refractivity contribution in [1.29, 1.82) is 0 Å². The normalized spacial score (nSPS) is 28.1. The van der Waals surface area contributed by atoms with E-state index in [0.717, 1.165) is 25.6 Å². The van der Waals surface area contributed by atoms with Gasteiger partial charge in [-0.15, -0.1) is 0 Å². The fourth-order valence-corrected chi connectivity index (χ4v) is 3.76. The summed E-state index contributed by atoms with van der Waals surface area (Å²) in [6.45, 7) is 10.2. The van der Waals surface area contributed by atoms with E-state index >= 15 is 0 Å². The van der Waals surface area contributed by atoms with Gasteiger partial charge in [0.1, 0.15) is 0 Å². The second-order valence-electron chi connectivity index (χ2n) is 7.24. The Morgan fingerprint density at radius 1 is 0.818 bits per heavy atom. The van der Waals surface area contributed by atoms with E-state index in [-0.39, 0.29) is 6.29 Å². The average molecular weight is 312 g/mol. The molecule has 0 saturated carbocycles. The zero-order valence-electron chi connectivity index (χ0n) is 14.9. The molecule has 0 N–H and O–H groups in total. The van der Waals surface area contributed by atoms with Gasteiger partial charge in [0.05, 0.1) is 13.2 Å². The molecule has 0 atom stereocenters. The van der Waals surface area contributed by atoms with Crippen LogP contribution in [0.3, 0.4) is 0 Å². The summed E-state index contributed by atoms with van der Waals surface area (Å²) in [6.07, 6.45) is 11.7. The van der Waals surface area contributed by atoms with Crippen LogP contribution in [0.1, 0.15) is 71.6 Å². The van der Waals surface area contributed by atoms with E-state index in [2.05, 4.69) is 18.7 Å². The first-order valence-corrected chi connectivity index (χ1v) is 9.79. The molecule has 2 rings (SSSR count). The van der Waals surface area contributed by atoms with E-state index in [1.807, 2.05) is 0 Å². The van der Waals surface area contributed by atoms with Crippen LogP contribution in [0.5, 0.6) is 0 Å². The molecule has 0 radical (unpaired) electrons. The molecular weight excluding hydrogens is 274 g/mol. The highest BCUT2D eigenvalue weighted by Gasteiger charge is 2.30. The number of nitrogens with zero attached hydrogens (tertiary/aromatic N) is 1. The summed E-state index contributed by atoms with van der Waals surface area (Å²) < 4.78 is 12.0. The van der Waals surface area contributed by atoms with Crippen molar-refractivity contribution in [2.24, 2.45) is 11.8 Å². The average Bonchev–Trinajstić information content (AvgIpc) is 2.58. The van der Waals surface area contributed by atoms with Gasteiger partial charge in [0.25, 0.3) is 0 Å². The van der Waals surface area contributed by atoms with Gasteiger partial charge in [-0.3, -0.25) is 0 Å². The SMILES string of the molecule is CCCCCCC1OCC(C2CCN(CCCC)CC2)CO1. The van der Waals surface area contributed by atoms with Crippen molar-refractivity contribution in [2.75, 3.05) is 32.8 Å². The van der Waals surface area contributed by atoms with Gasteiger partial charge < -0.3 is 14.4 Å². The second-order valence-corrected chi connectivity index (χ2v) is 7.24. The molecule has 0 aromatic heterocycles. The molecule has 2 heterocycles. The van der Waals surface area contributed by atoms with E-state index < -0.39 is 0 Å². The lowest BCUT2D eigenvalue weighted by Gasteiger charge is -2.39. The lowest BCUT2D eigenvalue weighted by atomic mass is 9.84. The number of piperidine rings is 1. The summed E-state index contributed by atoms with van der Waals surface area (Å²) in [5.74, 6) is 1.46. The Morgan fingerprint density at radius 2 is 1.50 bits per heavy atom. The standard InChI is InChI=1S/C19H37NO2/c1-3-5-7-8-9-19-21-15-18(16-22-19)17-10-13-20(14-11-17)12-6-4-2/h17-19H,3-16H2,1-2H3. The minimum absolute atomic E-state index is 0.0812. The van der Waals surface area contributed by atoms with Gasteiger partial charge in [-0.05, 0) is 57.7 Å². The Balaban J connectivity index is 1.57. The number of rotatable bonds is 9. The summed E-state index contributed by atoms with van der Waals surface area (Å²) in [5.41, 5.74) is 0. The maximum absolute atomic E-state index is 5.98. The van der Waals surface area contributed by atoms with Crippen molar-refractivity contribution in [3.8, 4) is 0 Å². The number of ether oxygens (including phenoxy) is 2. The number of unbranched alkanes of at least 4 members (excludes halogenated alkanes) is 4. The molecule has 0 unspecified atom stereocenters. The molecule has 2 aliphatic rings. The minimum Gasteiger partial charge on any atom is -0.352 e. The topological polar surface area (TPSA) is 21.7 Å². The molecule has 0 aromatic rings. The molecule has 2 saturated heterocycles. The van der Waals surface area contributed by atoms with Crippen LogP contribution in [-0.2, 0) is 9.47 Å². The first kappa shape index (κ1) is 18.2. The summed E-state index contributed by atoms with van der Waals surface area (Å²) in [4.78, 5) is 2.64. The largest absolute Gasteiger partial charge is 0.352 e. The Labute approximate surface area is 137 Å². The van der Waals surface area contributed by atoms with Gasteiger partial charge in [-0.1, -0.05) is 39.5 Å². The molecule has 0 bridgehead atoms. The first-order chi connectivity index (χ1) is 10.8. The Hall–Kier alpha value is -0.120. The van der Waals surface area contributed by atoms with Gasteiger partial charge in [0.2, 0.25) is 0 Å². The van der Waals surface area contributed by atoms with Crippen LogP contribution >= 0.6 is 0 Å². The zero-order valence-corrected chi connectivity index (χ0v) is 14.9. The van der Waals surface area contributed by atoms with Crippen LogP contribution in [0, 0.1) is 11.8 Å². The van der Waals surface area contributed by atoms with Crippen molar-refractivity contribution in [1.82, 2.24) is 4.90 Å². The molecule has 2 aliphatic heterocycles. The van der Waals surface area contributed by atoms with Gasteiger partial charge >= 0.3 is 0 Å². The fourth-order valence-electron chi connectivity index (χ4n) is 3.76. The van der Waals surface area contributed by atoms with Crippen LogP contribution in [0.2, 0.25) is 0 Å². The third-order valence-corrected chi connectivity index (χ3v) is 5.41. The number of likely N-dealkylation sites (tertiary alicyclic amines) is 1. The van der Waals surface area contributed by atoms with Crippen LogP contribution in [-0.4, -0.2) is 44.0 Å². The van der Waals surface area contributed by atoms with E-state index in [4.69, 9.17) is 9.47 Å². The predicted octanol–water partition coefficient (Wildman–Crippen LogP) is 4.46. The van der Waals surface area contributed by atoms with E-state index in [0.29, 0.717) is 5.92 Å². The van der Waals surface area contributed by atoms with Gasteiger partial charge in [0, 0.05) is 5.92 Å². The van der Waals surface area contributed by atoms with Crippen LogP contribution in [0.25, 0.3) is 0 Å². The van der Waals surface area contributed by atoms with E-state index in [1.54, 1.807) is 0 Å². The number of hydrogen-bond acceptors (Lipinski definition) is 3. The van der Waals surface area contributed by atoms with Crippen molar-refractivity contribution in [3.63, 3.8) is 0 Å². The third kappa shape index (κ3) is 6.17. The summed E-state index contributed by atoms with van der Waals surface area (Å²) >= 11 is 0. The fraction of sp³-hybridized carbons (Fsp3) is 1.00. The van der Waals surface area contributed by atoms with Crippen molar-refractivity contribution >= 4 is 0 Å². The molecule has 0 aromatic carbocycles. The van der Waals surface area contributed by atoms with Crippen LogP contribution in [0.15, 0.2) is 0 Å². The molecule has 2 fully saturated rings. The van der Waals surface area contributed by atoms with Gasteiger partial charge in [-0.25, -0.2) is 0 Å². The molecular formula is C19H37NO2. The van der Waals surface area contributed by atoms with Gasteiger partial charge in [0.15, 0.2) is 6.29 Å². The molecule has 22 heavy (non-hydrogen) atoms. The van der Waals surface area contributed by atoms with Crippen molar-refractivity contribution in [3.05, 3.63) is 0 Å². The zero-order chi connectivity index (χ0) is 15.6. The maximum atomic E-state index is 5.98. The molecule has 3 nitrogen and oxygen atoms in total. The minimum atomic E-state index is 0.0812. The highest BCUT2D eigenvalue weighted by atomic mass is 16.7. The smallest absolute Gasteiger partial charge is 0.157 e. The number of hydrogen-bond donors (Lipinski definition) is 0. The van der Waals surface area contributed by atoms with E-state index in [9.17, 15) is 0 Å². The predicted molar refractivity (Wildman–Crippen MR) is 92.0 cm³/mol. The Kier molecular flexibility index (Phi) is 8.79.